The van der Waals surface area contributed by atoms with Crippen molar-refractivity contribution in [3.63, 3.8) is 0 Å². The number of unbranched alkanes of at least 4 members (excludes halogenated alkanes) is 24. The number of hydrogen-bond donors (Lipinski definition) is 0. The van der Waals surface area contributed by atoms with E-state index in [1.54, 1.807) is 0 Å². The molecular weight excluding hydrogens is 729 g/mol. The van der Waals surface area contributed by atoms with Crippen LogP contribution in [0.25, 0.3) is 0 Å². The molecule has 0 amide bonds. The molecule has 0 fully saturated rings. The maximum atomic E-state index is 13.7. The zero-order valence-corrected chi connectivity index (χ0v) is 36.4. The summed E-state index contributed by atoms with van der Waals surface area (Å²) in [5, 5.41) is 0. The number of halogens is 1. The van der Waals surface area contributed by atoms with Gasteiger partial charge in [0.2, 0.25) is 0 Å². The van der Waals surface area contributed by atoms with Crippen molar-refractivity contribution in [3.8, 4) is 0 Å². The van der Waals surface area contributed by atoms with E-state index in [1.165, 1.54) is 154 Å². The second-order valence-electron chi connectivity index (χ2n) is 15.5. The molecule has 0 heterocycles. The number of rotatable bonds is 37. The van der Waals surface area contributed by atoms with Crippen LogP contribution in [0.15, 0.2) is 24.3 Å². The summed E-state index contributed by atoms with van der Waals surface area (Å²) in [5.74, 6) is 0. The predicted molar refractivity (Wildman–Crippen MR) is 227 cm³/mol. The third-order valence-corrected chi connectivity index (χ3v) is 14.5. The fraction of sp³-hybridized carbons (Fsp3) is 0.902. The van der Waals surface area contributed by atoms with Gasteiger partial charge < -0.3 is 0 Å². The normalized spacial score (nSPS) is 13.6. The molecule has 0 rings (SSSR count). The monoisotopic (exact) mass is 812 g/mol. The molecule has 0 radical (unpaired) electrons. The van der Waals surface area contributed by atoms with E-state index in [-0.39, 0.29) is 0 Å². The van der Waals surface area contributed by atoms with Crippen LogP contribution in [-0.4, -0.2) is 45.5 Å². The molecule has 0 spiro atoms. The van der Waals surface area contributed by atoms with E-state index in [1.807, 2.05) is 0 Å². The molecule has 0 saturated heterocycles. The Bertz CT molecular complexity index is 717. The fourth-order valence-electron chi connectivity index (χ4n) is 5.73. The molecule has 0 bridgehead atoms. The molecule has 0 unspecified atom stereocenters. The molecule has 0 aromatic carbocycles. The van der Waals surface area contributed by atoms with Gasteiger partial charge in [0.25, 0.3) is 0 Å². The first-order chi connectivity index (χ1) is 22.6. The molecule has 0 aliphatic heterocycles. The third-order valence-electron chi connectivity index (χ3n) is 9.02. The average molecular weight is 813 g/mol. The number of allylic oxidation sites excluding steroid dienone is 4. The van der Waals surface area contributed by atoms with Crippen molar-refractivity contribution in [2.24, 2.45) is 0 Å². The first kappa shape index (κ1) is 47.8. The van der Waals surface area contributed by atoms with Crippen LogP contribution in [0, 0.1) is 0 Å². The van der Waals surface area contributed by atoms with Gasteiger partial charge >= 0.3 is 183 Å². The van der Waals surface area contributed by atoms with Gasteiger partial charge in [-0.15, -0.1) is 0 Å². The number of hydrogen-bond acceptors (Lipinski definition) is 3. The van der Waals surface area contributed by atoms with Crippen LogP contribution < -0.4 is 0 Å². The molecule has 0 N–H and O–H groups in total. The van der Waals surface area contributed by atoms with Gasteiger partial charge in [0.1, 0.15) is 0 Å². The fourth-order valence-corrected chi connectivity index (χ4v) is 12.5. The molecule has 47 heavy (non-hydrogen) atoms. The Morgan fingerprint density at radius 3 is 1.04 bits per heavy atom. The summed E-state index contributed by atoms with van der Waals surface area (Å²) in [6, 6.07) is 0. The molecule has 0 atom stereocenters. The Kier molecular flexibility index (Phi) is 33.2. The van der Waals surface area contributed by atoms with Gasteiger partial charge in [-0.2, -0.15) is 0 Å². The quantitative estimate of drug-likeness (QED) is 0.0271. The SMILES string of the molecule is CCCCCCCC/C=C\CCCCCCCCOP(=O)(CCP(C)(C)(C)I)OCCCCCCCC/C=C\CCCCCCCC. The summed E-state index contributed by atoms with van der Waals surface area (Å²) in [5.41, 5.74) is 0. The van der Waals surface area contributed by atoms with Crippen LogP contribution in [-0.2, 0) is 13.6 Å². The average Bonchev–Trinajstić information content (AvgIpc) is 3.02. The summed E-state index contributed by atoms with van der Waals surface area (Å²) in [6.07, 6.45) is 47.3. The van der Waals surface area contributed by atoms with Crippen LogP contribution in [0.4, 0.5) is 0 Å². The Morgan fingerprint density at radius 1 is 0.468 bits per heavy atom. The summed E-state index contributed by atoms with van der Waals surface area (Å²) in [4.78, 5) is 0. The molecule has 0 aliphatic rings. The van der Waals surface area contributed by atoms with Crippen molar-refractivity contribution >= 4 is 33.9 Å². The predicted octanol–water partition coefficient (Wildman–Crippen LogP) is 16.1. The van der Waals surface area contributed by atoms with E-state index in [2.05, 4.69) is 80.2 Å². The van der Waals surface area contributed by atoms with Gasteiger partial charge in [-0.25, -0.2) is 0 Å². The van der Waals surface area contributed by atoms with Crippen LogP contribution in [0.5, 0.6) is 0 Å². The minimum atomic E-state index is -3.03. The van der Waals surface area contributed by atoms with E-state index >= 15 is 0 Å². The zero-order chi connectivity index (χ0) is 34.8. The van der Waals surface area contributed by atoms with E-state index in [9.17, 15) is 4.57 Å². The van der Waals surface area contributed by atoms with Gasteiger partial charge in [-0.1, -0.05) is 102 Å². The van der Waals surface area contributed by atoms with Gasteiger partial charge in [-0.3, -0.25) is 0 Å². The summed E-state index contributed by atoms with van der Waals surface area (Å²) in [7, 11) is -3.03. The van der Waals surface area contributed by atoms with Crippen molar-refractivity contribution in [1.29, 1.82) is 0 Å². The zero-order valence-electron chi connectivity index (χ0n) is 32.4. The Hall–Kier alpha value is 0.790. The molecule has 0 aromatic rings. The topological polar surface area (TPSA) is 35.5 Å². The van der Waals surface area contributed by atoms with E-state index in [0.717, 1.165) is 31.8 Å². The van der Waals surface area contributed by atoms with Crippen molar-refractivity contribution in [2.75, 3.05) is 45.5 Å². The summed E-state index contributed by atoms with van der Waals surface area (Å²) in [6.45, 7) is 12.7. The molecular formula is C41H83IO3P2. The van der Waals surface area contributed by atoms with Crippen molar-refractivity contribution in [3.05, 3.63) is 24.3 Å². The van der Waals surface area contributed by atoms with Crippen LogP contribution in [0.1, 0.15) is 194 Å². The standard InChI is InChI=1S/C41H83IO3P2/c1-6-8-10-12-14-16-18-20-22-24-26-28-30-32-34-36-38-44-46(43,40-41-47(3,4,5)42)45-39-37-35-33-31-29-27-25-23-21-19-17-15-13-11-9-7-2/h20-23H,6-19,24-41H2,1-5H3/b22-20-,23-21-. The van der Waals surface area contributed by atoms with E-state index in [4.69, 9.17) is 9.05 Å². The minimum Gasteiger partial charge on any atom is -0.0885 e. The van der Waals surface area contributed by atoms with Gasteiger partial charge in [0, 0.05) is 0 Å². The smallest absolute Gasteiger partial charge is 0.0885 e. The molecule has 6 heteroatoms. The van der Waals surface area contributed by atoms with E-state index in [0.29, 0.717) is 19.4 Å². The molecule has 0 saturated carbocycles. The molecule has 0 aromatic heterocycles. The van der Waals surface area contributed by atoms with Crippen molar-refractivity contribution < 1.29 is 13.6 Å². The Balaban J connectivity index is 3.96. The first-order valence-electron chi connectivity index (χ1n) is 20.5. The van der Waals surface area contributed by atoms with Gasteiger partial charge in [0.05, 0.1) is 0 Å². The van der Waals surface area contributed by atoms with Gasteiger partial charge in [0.15, 0.2) is 0 Å². The van der Waals surface area contributed by atoms with Crippen LogP contribution in [0.2, 0.25) is 0 Å². The summed E-state index contributed by atoms with van der Waals surface area (Å²) >= 11 is 2.61. The van der Waals surface area contributed by atoms with Gasteiger partial charge in [-0.05, 0) is 25.7 Å². The van der Waals surface area contributed by atoms with Crippen molar-refractivity contribution in [1.82, 2.24) is 0 Å². The van der Waals surface area contributed by atoms with Crippen LogP contribution >= 0.6 is 33.9 Å². The first-order valence-corrected chi connectivity index (χ1v) is 28.8. The maximum absolute atomic E-state index is 13.7. The summed E-state index contributed by atoms with van der Waals surface area (Å²) < 4.78 is 24.0. The Morgan fingerprint density at radius 2 is 0.745 bits per heavy atom. The molecule has 0 aliphatic carbocycles. The second kappa shape index (κ2) is 32.7. The molecule has 282 valence electrons. The molecule has 3 nitrogen and oxygen atoms in total. The minimum absolute atomic E-state index is 0.565. The third kappa shape index (κ3) is 39.4. The van der Waals surface area contributed by atoms with E-state index < -0.39 is 11.8 Å². The van der Waals surface area contributed by atoms with Crippen LogP contribution in [0.3, 0.4) is 0 Å². The van der Waals surface area contributed by atoms with Crippen molar-refractivity contribution in [2.45, 2.75) is 194 Å². The Labute approximate surface area is 309 Å². The second-order valence-corrected chi connectivity index (χ2v) is 34.7.